The number of rotatable bonds is 10. The van der Waals surface area contributed by atoms with E-state index < -0.39 is 23.5 Å². The van der Waals surface area contributed by atoms with Gasteiger partial charge in [-0.25, -0.2) is 9.79 Å². The molecule has 0 saturated carbocycles. The number of hydrogen-bond acceptors (Lipinski definition) is 6. The van der Waals surface area contributed by atoms with Crippen LogP contribution < -0.4 is 10.6 Å². The van der Waals surface area contributed by atoms with Gasteiger partial charge in [0, 0.05) is 32.3 Å². The first kappa shape index (κ1) is 24.1. The molecule has 2 heterocycles. The van der Waals surface area contributed by atoms with Crippen LogP contribution in [0.5, 0.6) is 0 Å². The van der Waals surface area contributed by atoms with Crippen molar-refractivity contribution in [2.45, 2.75) is 70.4 Å². The number of carboxylic acids is 1. The Balaban J connectivity index is 1.77. The van der Waals surface area contributed by atoms with Gasteiger partial charge in [0.2, 0.25) is 5.91 Å². The van der Waals surface area contributed by atoms with Crippen molar-refractivity contribution in [3.63, 3.8) is 0 Å². The topological polar surface area (TPSA) is 114 Å². The smallest absolute Gasteiger partial charge is 0.329 e. The number of carbonyl (C=O) groups is 2. The van der Waals surface area contributed by atoms with Gasteiger partial charge in [-0.05, 0) is 70.1 Å². The molecular weight excluding hydrogens is 384 g/mol. The zero-order valence-electron chi connectivity index (χ0n) is 18.2. The van der Waals surface area contributed by atoms with E-state index in [2.05, 4.69) is 29.0 Å². The van der Waals surface area contributed by atoms with Gasteiger partial charge in [-0.15, -0.1) is 0 Å². The first-order valence-electron chi connectivity index (χ1n) is 10.8. The maximum absolute atomic E-state index is 11.5. The van der Waals surface area contributed by atoms with E-state index in [9.17, 15) is 19.8 Å². The number of aliphatic carboxylic acids is 1. The van der Waals surface area contributed by atoms with Gasteiger partial charge in [-0.1, -0.05) is 6.58 Å². The van der Waals surface area contributed by atoms with E-state index in [1.807, 2.05) is 6.08 Å². The lowest BCUT2D eigenvalue weighted by molar-refractivity contribution is -0.153. The predicted octanol–water partition coefficient (Wildman–Crippen LogP) is 1.81. The minimum Gasteiger partial charge on any atom is -0.480 e. The predicted molar refractivity (Wildman–Crippen MR) is 117 cm³/mol. The Bertz CT molecular complexity index is 693. The molecule has 0 bridgehead atoms. The van der Waals surface area contributed by atoms with E-state index in [-0.39, 0.29) is 0 Å². The van der Waals surface area contributed by atoms with Crippen molar-refractivity contribution in [2.24, 2.45) is 4.99 Å². The highest BCUT2D eigenvalue weighted by molar-refractivity contribution is 5.95. The molecule has 30 heavy (non-hydrogen) atoms. The highest BCUT2D eigenvalue weighted by Gasteiger charge is 2.44. The number of aliphatic hydroxyl groups is 1. The third-order valence-electron chi connectivity index (χ3n) is 5.93. The fourth-order valence-corrected chi connectivity index (χ4v) is 4.04. The number of nitrogens with one attached hydrogen (secondary N) is 2. The molecule has 0 radical (unpaired) electrons. The maximum atomic E-state index is 11.5. The van der Waals surface area contributed by atoms with E-state index in [1.54, 1.807) is 0 Å². The van der Waals surface area contributed by atoms with E-state index in [0.717, 1.165) is 56.7 Å². The third kappa shape index (κ3) is 6.95. The zero-order chi connectivity index (χ0) is 22.1. The average Bonchev–Trinajstić information content (AvgIpc) is 2.71. The fourth-order valence-electron chi connectivity index (χ4n) is 4.04. The van der Waals surface area contributed by atoms with Crippen molar-refractivity contribution >= 4 is 17.6 Å². The van der Waals surface area contributed by atoms with E-state index >= 15 is 0 Å². The Hall–Kier alpha value is -2.19. The molecule has 4 N–H and O–H groups in total. The summed E-state index contributed by atoms with van der Waals surface area (Å²) in [5, 5.41) is 25.9. The monoisotopic (exact) mass is 420 g/mol. The van der Waals surface area contributed by atoms with Gasteiger partial charge in [-0.2, -0.15) is 0 Å². The average molecular weight is 421 g/mol. The lowest BCUT2D eigenvalue weighted by Gasteiger charge is -2.41. The number of unbranched alkanes of at least 4 members (excludes halogenated alkanes) is 1. The first-order chi connectivity index (χ1) is 14.2. The molecule has 1 saturated heterocycles. The molecule has 1 atom stereocenters. The van der Waals surface area contributed by atoms with Crippen molar-refractivity contribution in [2.75, 3.05) is 26.2 Å². The highest BCUT2D eigenvalue weighted by Crippen LogP contribution is 2.26. The minimum absolute atomic E-state index is 0.322. The molecule has 2 rings (SSSR count). The molecule has 1 fully saturated rings. The Labute approximate surface area is 179 Å². The molecule has 0 aliphatic carbocycles. The van der Waals surface area contributed by atoms with Gasteiger partial charge in [0.1, 0.15) is 5.82 Å². The Morgan fingerprint density at radius 2 is 2.07 bits per heavy atom. The van der Waals surface area contributed by atoms with Crippen LogP contribution in [0.4, 0.5) is 0 Å². The van der Waals surface area contributed by atoms with Gasteiger partial charge in [0.05, 0.1) is 5.60 Å². The molecule has 168 valence electrons. The molecule has 0 aromatic heterocycles. The fraction of sp³-hybridized carbons (Fsp3) is 0.682. The van der Waals surface area contributed by atoms with Gasteiger partial charge in [0.25, 0.3) is 0 Å². The molecule has 8 heteroatoms. The lowest BCUT2D eigenvalue weighted by Crippen LogP contribution is -2.60. The van der Waals surface area contributed by atoms with Crippen LogP contribution in [0.3, 0.4) is 0 Å². The van der Waals surface area contributed by atoms with Crippen molar-refractivity contribution in [3.05, 3.63) is 24.0 Å². The minimum atomic E-state index is -1.41. The van der Waals surface area contributed by atoms with Crippen molar-refractivity contribution in [1.29, 1.82) is 0 Å². The summed E-state index contributed by atoms with van der Waals surface area (Å²) in [7, 11) is 0. The number of allylic oxidation sites excluding steroid dienone is 2. The van der Waals surface area contributed by atoms with E-state index in [1.165, 1.54) is 12.5 Å². The molecule has 0 spiro atoms. The number of amides is 1. The van der Waals surface area contributed by atoms with Crippen LogP contribution in [0.25, 0.3) is 0 Å². The number of carboxylic acid groups (broad SMARTS) is 1. The number of piperidine rings is 1. The number of aliphatic imine (C=N–C) groups is 1. The molecule has 0 aromatic rings. The molecular formula is C22H36N4O4. The zero-order valence-corrected chi connectivity index (χ0v) is 18.2. The van der Waals surface area contributed by atoms with Crippen LogP contribution in [-0.4, -0.2) is 70.5 Å². The van der Waals surface area contributed by atoms with Gasteiger partial charge in [0.15, 0.2) is 6.04 Å². The summed E-state index contributed by atoms with van der Waals surface area (Å²) in [6.45, 7) is 10.3. The number of likely N-dealkylation sites (tertiary alicyclic amines) is 1. The van der Waals surface area contributed by atoms with Crippen molar-refractivity contribution in [3.8, 4) is 0 Å². The largest absolute Gasteiger partial charge is 0.480 e. The maximum Gasteiger partial charge on any atom is 0.329 e. The lowest BCUT2D eigenvalue weighted by atomic mass is 9.84. The van der Waals surface area contributed by atoms with Crippen molar-refractivity contribution < 1.29 is 19.8 Å². The molecule has 8 nitrogen and oxygen atoms in total. The summed E-state index contributed by atoms with van der Waals surface area (Å²) in [5.41, 5.74) is 0.876. The van der Waals surface area contributed by atoms with Gasteiger partial charge >= 0.3 is 5.97 Å². The number of nitrogens with zero attached hydrogens (tertiary/aromatic N) is 2. The third-order valence-corrected chi connectivity index (χ3v) is 5.93. The van der Waals surface area contributed by atoms with Crippen molar-refractivity contribution in [1.82, 2.24) is 15.5 Å². The number of hydrogen-bond donors (Lipinski definition) is 4. The molecule has 1 unspecified atom stereocenters. The number of carbonyl (C=O) groups excluding carboxylic acids is 1. The summed E-state index contributed by atoms with van der Waals surface area (Å²) in [6.07, 6.45) is 7.55. The van der Waals surface area contributed by atoms with E-state index in [0.29, 0.717) is 25.9 Å². The van der Waals surface area contributed by atoms with Crippen LogP contribution >= 0.6 is 0 Å². The molecule has 1 amide bonds. The standard InChI is InChI=1S/C22H36N4O4/c1-4-18(25-20-16(2)8-7-12-23-20)9-5-6-13-26-14-10-22(30,11-15-26)19(21(28)29)24-17(3)27/h4,19,23,30H,1,5-15H2,2-3H3,(H,24,27)(H,28,29)/b25-18+. The highest BCUT2D eigenvalue weighted by atomic mass is 16.4. The second-order valence-corrected chi connectivity index (χ2v) is 8.34. The normalized spacial score (nSPS) is 21.0. The summed E-state index contributed by atoms with van der Waals surface area (Å²) >= 11 is 0. The summed E-state index contributed by atoms with van der Waals surface area (Å²) in [4.78, 5) is 29.7. The molecule has 0 aromatic carbocycles. The molecule has 2 aliphatic rings. The first-order valence-corrected chi connectivity index (χ1v) is 10.8. The Morgan fingerprint density at radius 3 is 2.63 bits per heavy atom. The Morgan fingerprint density at radius 1 is 1.37 bits per heavy atom. The van der Waals surface area contributed by atoms with Crippen LogP contribution in [0, 0.1) is 0 Å². The van der Waals surface area contributed by atoms with Gasteiger partial charge in [-0.3, -0.25) is 4.79 Å². The van der Waals surface area contributed by atoms with Crippen LogP contribution in [0.2, 0.25) is 0 Å². The van der Waals surface area contributed by atoms with Crippen LogP contribution in [0.15, 0.2) is 29.0 Å². The van der Waals surface area contributed by atoms with Crippen LogP contribution in [0.1, 0.15) is 58.8 Å². The SMILES string of the molecule is C=C/C(CCCCN1CCC(O)(C(NC(C)=O)C(=O)O)CC1)=N\C1=C(C)CCCN1. The summed E-state index contributed by atoms with van der Waals surface area (Å²) < 4.78 is 0. The molecule has 2 aliphatic heterocycles. The summed E-state index contributed by atoms with van der Waals surface area (Å²) in [6, 6.07) is -1.27. The quantitative estimate of drug-likeness (QED) is 0.317. The summed E-state index contributed by atoms with van der Waals surface area (Å²) in [5.74, 6) is -0.666. The van der Waals surface area contributed by atoms with E-state index in [4.69, 9.17) is 4.99 Å². The second-order valence-electron chi connectivity index (χ2n) is 8.34. The van der Waals surface area contributed by atoms with Crippen LogP contribution in [-0.2, 0) is 9.59 Å². The van der Waals surface area contributed by atoms with Gasteiger partial charge < -0.3 is 25.7 Å². The second kappa shape index (κ2) is 11.3. The Kier molecular flexibility index (Phi) is 9.05.